The average molecular weight is 289 g/mol. The molecule has 1 aliphatic rings. The molecule has 0 radical (unpaired) electrons. The third kappa shape index (κ3) is 3.49. The van der Waals surface area contributed by atoms with Gasteiger partial charge in [-0.05, 0) is 25.0 Å². The second-order valence-electron chi connectivity index (χ2n) is 4.84. The molecule has 0 saturated carbocycles. The van der Waals surface area contributed by atoms with Crippen molar-refractivity contribution in [1.82, 2.24) is 4.90 Å². The highest BCUT2D eigenvalue weighted by Crippen LogP contribution is 2.31. The SMILES string of the molecule is CN(Cc1ccco1)C(=O)C1(CN)CCOCC1.Cl. The summed E-state index contributed by atoms with van der Waals surface area (Å²) >= 11 is 0. The van der Waals surface area contributed by atoms with Crippen LogP contribution < -0.4 is 5.73 Å². The molecule has 1 aromatic heterocycles. The molecule has 0 aliphatic carbocycles. The van der Waals surface area contributed by atoms with E-state index in [4.69, 9.17) is 14.9 Å². The number of halogens is 1. The van der Waals surface area contributed by atoms with E-state index < -0.39 is 5.41 Å². The fourth-order valence-electron chi connectivity index (χ4n) is 2.38. The molecule has 2 rings (SSSR count). The summed E-state index contributed by atoms with van der Waals surface area (Å²) in [5, 5.41) is 0. The van der Waals surface area contributed by atoms with Crippen molar-refractivity contribution in [2.24, 2.45) is 11.1 Å². The van der Waals surface area contributed by atoms with E-state index in [1.807, 2.05) is 12.1 Å². The summed E-state index contributed by atoms with van der Waals surface area (Å²) in [6, 6.07) is 3.68. The van der Waals surface area contributed by atoms with Crippen LogP contribution in [0.25, 0.3) is 0 Å². The number of hydrogen-bond donors (Lipinski definition) is 1. The van der Waals surface area contributed by atoms with Crippen LogP contribution in [-0.2, 0) is 16.1 Å². The van der Waals surface area contributed by atoms with Crippen molar-refractivity contribution in [3.05, 3.63) is 24.2 Å². The van der Waals surface area contributed by atoms with Gasteiger partial charge in [0, 0.05) is 26.8 Å². The van der Waals surface area contributed by atoms with Crippen molar-refractivity contribution < 1.29 is 13.9 Å². The summed E-state index contributed by atoms with van der Waals surface area (Å²) in [5.41, 5.74) is 5.37. The number of hydrogen-bond acceptors (Lipinski definition) is 4. The Morgan fingerprint density at radius 3 is 2.68 bits per heavy atom. The van der Waals surface area contributed by atoms with E-state index in [0.717, 1.165) is 5.76 Å². The number of furan rings is 1. The van der Waals surface area contributed by atoms with Crippen LogP contribution in [0.4, 0.5) is 0 Å². The first-order chi connectivity index (χ1) is 8.68. The van der Waals surface area contributed by atoms with Gasteiger partial charge < -0.3 is 19.8 Å². The Morgan fingerprint density at radius 1 is 1.47 bits per heavy atom. The highest BCUT2D eigenvalue weighted by Gasteiger charge is 2.40. The highest BCUT2D eigenvalue weighted by molar-refractivity contribution is 5.85. The van der Waals surface area contributed by atoms with E-state index >= 15 is 0 Å². The molecule has 2 heterocycles. The van der Waals surface area contributed by atoms with E-state index in [-0.39, 0.29) is 18.3 Å². The zero-order valence-electron chi connectivity index (χ0n) is 11.1. The summed E-state index contributed by atoms with van der Waals surface area (Å²) in [5.74, 6) is 0.870. The molecular formula is C13H21ClN2O3. The molecule has 1 fully saturated rings. The molecule has 0 unspecified atom stereocenters. The zero-order valence-corrected chi connectivity index (χ0v) is 11.9. The lowest BCUT2D eigenvalue weighted by molar-refractivity contribution is -0.146. The maximum atomic E-state index is 12.5. The van der Waals surface area contributed by atoms with Crippen LogP contribution in [0.1, 0.15) is 18.6 Å². The van der Waals surface area contributed by atoms with Crippen LogP contribution in [0, 0.1) is 5.41 Å². The van der Waals surface area contributed by atoms with Crippen LogP contribution in [0.2, 0.25) is 0 Å². The first-order valence-corrected chi connectivity index (χ1v) is 6.24. The molecule has 1 aliphatic heterocycles. The second kappa shape index (κ2) is 6.93. The van der Waals surface area contributed by atoms with Crippen molar-refractivity contribution in [2.75, 3.05) is 26.8 Å². The molecule has 6 heteroatoms. The lowest BCUT2D eigenvalue weighted by atomic mass is 9.79. The first-order valence-electron chi connectivity index (χ1n) is 6.24. The van der Waals surface area contributed by atoms with Gasteiger partial charge in [-0.25, -0.2) is 0 Å². The Bertz CT molecular complexity index is 389. The van der Waals surface area contributed by atoms with Gasteiger partial charge in [0.2, 0.25) is 5.91 Å². The predicted molar refractivity (Wildman–Crippen MR) is 74.0 cm³/mol. The molecule has 2 N–H and O–H groups in total. The zero-order chi connectivity index (χ0) is 13.0. The smallest absolute Gasteiger partial charge is 0.230 e. The first kappa shape index (κ1) is 16.0. The molecule has 5 nitrogen and oxygen atoms in total. The third-order valence-electron chi connectivity index (χ3n) is 3.61. The minimum atomic E-state index is -0.459. The minimum absolute atomic E-state index is 0. The number of rotatable bonds is 4. The van der Waals surface area contributed by atoms with Gasteiger partial charge >= 0.3 is 0 Å². The van der Waals surface area contributed by atoms with Gasteiger partial charge in [-0.1, -0.05) is 0 Å². The molecule has 1 aromatic rings. The van der Waals surface area contributed by atoms with Gasteiger partial charge in [-0.15, -0.1) is 12.4 Å². The second-order valence-corrected chi connectivity index (χ2v) is 4.84. The normalized spacial score (nSPS) is 17.6. The molecule has 19 heavy (non-hydrogen) atoms. The van der Waals surface area contributed by atoms with E-state index in [1.165, 1.54) is 0 Å². The maximum absolute atomic E-state index is 12.5. The third-order valence-corrected chi connectivity index (χ3v) is 3.61. The van der Waals surface area contributed by atoms with E-state index in [0.29, 0.717) is 39.1 Å². The van der Waals surface area contributed by atoms with Crippen LogP contribution in [0.5, 0.6) is 0 Å². The van der Waals surface area contributed by atoms with Crippen LogP contribution >= 0.6 is 12.4 Å². The quantitative estimate of drug-likeness (QED) is 0.910. The molecule has 0 aromatic carbocycles. The van der Waals surface area contributed by atoms with Crippen LogP contribution in [-0.4, -0.2) is 37.6 Å². The number of nitrogens with two attached hydrogens (primary N) is 1. The summed E-state index contributed by atoms with van der Waals surface area (Å²) in [4.78, 5) is 14.2. The number of carbonyl (C=O) groups is 1. The number of carbonyl (C=O) groups excluding carboxylic acids is 1. The van der Waals surface area contributed by atoms with Gasteiger partial charge in [-0.3, -0.25) is 4.79 Å². The van der Waals surface area contributed by atoms with Gasteiger partial charge in [-0.2, -0.15) is 0 Å². The van der Waals surface area contributed by atoms with Crippen molar-refractivity contribution in [1.29, 1.82) is 0 Å². The molecule has 0 atom stereocenters. The number of nitrogens with zero attached hydrogens (tertiary/aromatic N) is 1. The van der Waals surface area contributed by atoms with Crippen LogP contribution in [0.15, 0.2) is 22.8 Å². The molecule has 1 amide bonds. The summed E-state index contributed by atoms with van der Waals surface area (Å²) < 4.78 is 10.6. The van der Waals surface area contributed by atoms with Crippen molar-refractivity contribution in [3.8, 4) is 0 Å². The fourth-order valence-corrected chi connectivity index (χ4v) is 2.38. The standard InChI is InChI=1S/C13H20N2O3.ClH/c1-15(9-11-3-2-6-18-11)12(16)13(10-14)4-7-17-8-5-13;/h2-3,6H,4-5,7-10,14H2,1H3;1H. The minimum Gasteiger partial charge on any atom is -0.467 e. The topological polar surface area (TPSA) is 68.7 Å². The molecule has 1 saturated heterocycles. The Hall–Kier alpha value is -1.04. The van der Waals surface area contributed by atoms with Crippen molar-refractivity contribution >= 4 is 18.3 Å². The van der Waals surface area contributed by atoms with Crippen LogP contribution in [0.3, 0.4) is 0 Å². The maximum Gasteiger partial charge on any atom is 0.230 e. The monoisotopic (exact) mass is 288 g/mol. The van der Waals surface area contributed by atoms with E-state index in [9.17, 15) is 4.79 Å². The summed E-state index contributed by atoms with van der Waals surface area (Å²) in [6.45, 7) is 2.07. The largest absolute Gasteiger partial charge is 0.467 e. The van der Waals surface area contributed by atoms with Gasteiger partial charge in [0.05, 0.1) is 18.2 Å². The van der Waals surface area contributed by atoms with Gasteiger partial charge in [0.15, 0.2) is 0 Å². The summed E-state index contributed by atoms with van der Waals surface area (Å²) in [6.07, 6.45) is 3.01. The van der Waals surface area contributed by atoms with Gasteiger partial charge in [0.1, 0.15) is 5.76 Å². The lowest BCUT2D eigenvalue weighted by Gasteiger charge is -2.37. The number of amides is 1. The van der Waals surface area contributed by atoms with Gasteiger partial charge in [0.25, 0.3) is 0 Å². The highest BCUT2D eigenvalue weighted by atomic mass is 35.5. The van der Waals surface area contributed by atoms with E-state index in [2.05, 4.69) is 0 Å². The molecule has 108 valence electrons. The predicted octanol–water partition coefficient (Wildman–Crippen LogP) is 1.42. The Kier molecular flexibility index (Phi) is 5.85. The molecule has 0 bridgehead atoms. The molecule has 0 spiro atoms. The Morgan fingerprint density at radius 2 is 2.16 bits per heavy atom. The molecular weight excluding hydrogens is 268 g/mol. The van der Waals surface area contributed by atoms with Crippen molar-refractivity contribution in [2.45, 2.75) is 19.4 Å². The van der Waals surface area contributed by atoms with E-state index in [1.54, 1.807) is 18.2 Å². The Balaban J connectivity index is 0.00000180. The fraction of sp³-hybridized carbons (Fsp3) is 0.615. The average Bonchev–Trinajstić information content (AvgIpc) is 2.91. The van der Waals surface area contributed by atoms with Crippen molar-refractivity contribution in [3.63, 3.8) is 0 Å². The number of ether oxygens (including phenoxy) is 1. The summed E-state index contributed by atoms with van der Waals surface area (Å²) in [7, 11) is 1.79. The Labute approximate surface area is 119 Å². The lowest BCUT2D eigenvalue weighted by Crippen LogP contribution is -2.49.